The van der Waals surface area contributed by atoms with Crippen LogP contribution in [0.2, 0.25) is 0 Å². The molecule has 0 spiro atoms. The van der Waals surface area contributed by atoms with Gasteiger partial charge in [0.15, 0.2) is 6.10 Å². The van der Waals surface area contributed by atoms with Crippen LogP contribution in [-0.4, -0.2) is 52.8 Å². The van der Waals surface area contributed by atoms with Crippen molar-refractivity contribution in [1.82, 2.24) is 14.9 Å². The number of rotatable bonds is 1. The molecule has 1 aliphatic rings. The molecule has 1 atom stereocenters. The maximum atomic E-state index is 12.5. The molecule has 0 aliphatic carbocycles. The van der Waals surface area contributed by atoms with Crippen LogP contribution < -0.4 is 5.56 Å². The fourth-order valence-corrected chi connectivity index (χ4v) is 1.70. The first-order valence-electron chi connectivity index (χ1n) is 5.40. The van der Waals surface area contributed by atoms with Crippen molar-refractivity contribution in [2.45, 2.75) is 12.3 Å². The van der Waals surface area contributed by atoms with E-state index in [4.69, 9.17) is 0 Å². The van der Waals surface area contributed by atoms with Crippen molar-refractivity contribution in [3.05, 3.63) is 28.4 Å². The van der Waals surface area contributed by atoms with E-state index in [1.165, 1.54) is 0 Å². The molecule has 0 saturated carbocycles. The van der Waals surface area contributed by atoms with E-state index < -0.39 is 30.3 Å². The number of nitrogens with zero attached hydrogens (tertiary/aromatic N) is 2. The summed E-state index contributed by atoms with van der Waals surface area (Å²) >= 11 is 0. The number of aromatic nitrogens is 2. The molecule has 1 aliphatic heterocycles. The summed E-state index contributed by atoms with van der Waals surface area (Å²) in [5, 5.41) is 0. The van der Waals surface area contributed by atoms with Crippen LogP contribution in [0.15, 0.2) is 17.3 Å². The molecule has 1 aromatic rings. The van der Waals surface area contributed by atoms with Crippen LogP contribution in [0.1, 0.15) is 10.4 Å². The molecule has 1 aromatic heterocycles. The molecular weight excluding hydrogens is 267 g/mol. The first-order valence-corrected chi connectivity index (χ1v) is 5.40. The van der Waals surface area contributed by atoms with Crippen LogP contribution in [-0.2, 0) is 4.74 Å². The first kappa shape index (κ1) is 13.5. The molecule has 0 radical (unpaired) electrons. The third-order valence-electron chi connectivity index (χ3n) is 2.67. The predicted octanol–water partition coefficient (Wildman–Crippen LogP) is 0.173. The van der Waals surface area contributed by atoms with Crippen LogP contribution in [0, 0.1) is 0 Å². The maximum absolute atomic E-state index is 12.5. The second-order valence-corrected chi connectivity index (χ2v) is 3.95. The summed E-state index contributed by atoms with van der Waals surface area (Å²) in [6, 6.07) is 0. The number of amides is 1. The number of hydrogen-bond acceptors (Lipinski definition) is 4. The van der Waals surface area contributed by atoms with Crippen molar-refractivity contribution >= 4 is 5.91 Å². The fourth-order valence-electron chi connectivity index (χ4n) is 1.70. The Bertz CT molecular complexity index is 528. The summed E-state index contributed by atoms with van der Waals surface area (Å²) in [4.78, 5) is 30.0. The highest BCUT2D eigenvalue weighted by molar-refractivity contribution is 5.93. The number of nitrogens with one attached hydrogen (secondary N) is 1. The molecule has 0 aromatic carbocycles. The zero-order chi connectivity index (χ0) is 14.0. The number of halogens is 3. The number of carbonyl (C=O) groups excluding carboxylic acids is 1. The Balaban J connectivity index is 2.16. The van der Waals surface area contributed by atoms with E-state index in [1.54, 1.807) is 0 Å². The Morgan fingerprint density at radius 1 is 1.53 bits per heavy atom. The predicted molar refractivity (Wildman–Crippen MR) is 56.6 cm³/mol. The fraction of sp³-hybridized carbons (Fsp3) is 0.500. The normalized spacial score (nSPS) is 20.4. The standard InChI is InChI=1S/C10H10F3N3O3/c11-10(12,13)7-4-16(1-2-19-7)9(18)6-3-14-5-15-8(6)17/h3,5,7H,1-2,4H2,(H,14,15,17). The Morgan fingerprint density at radius 3 is 2.89 bits per heavy atom. The zero-order valence-corrected chi connectivity index (χ0v) is 9.61. The molecule has 2 rings (SSSR count). The van der Waals surface area contributed by atoms with Crippen LogP contribution >= 0.6 is 0 Å². The largest absolute Gasteiger partial charge is 0.416 e. The van der Waals surface area contributed by atoms with Crippen LogP contribution in [0.25, 0.3) is 0 Å². The van der Waals surface area contributed by atoms with E-state index in [-0.39, 0.29) is 18.7 Å². The summed E-state index contributed by atoms with van der Waals surface area (Å²) < 4.78 is 42.1. The number of alkyl halides is 3. The lowest BCUT2D eigenvalue weighted by molar-refractivity contribution is -0.233. The molecule has 9 heteroatoms. The van der Waals surface area contributed by atoms with Crippen LogP contribution in [0.3, 0.4) is 0 Å². The van der Waals surface area contributed by atoms with Crippen molar-refractivity contribution in [2.24, 2.45) is 0 Å². The van der Waals surface area contributed by atoms with Gasteiger partial charge in [-0.15, -0.1) is 0 Å². The van der Waals surface area contributed by atoms with Gasteiger partial charge in [-0.3, -0.25) is 9.59 Å². The molecule has 104 valence electrons. The molecule has 1 saturated heterocycles. The smallest absolute Gasteiger partial charge is 0.365 e. The summed E-state index contributed by atoms with van der Waals surface area (Å²) in [6.45, 7) is -0.857. The molecular formula is C10H10F3N3O3. The van der Waals surface area contributed by atoms with E-state index >= 15 is 0 Å². The Hall–Kier alpha value is -1.90. The third-order valence-corrected chi connectivity index (χ3v) is 2.67. The lowest BCUT2D eigenvalue weighted by atomic mass is 10.2. The van der Waals surface area contributed by atoms with Crippen LogP contribution in [0.4, 0.5) is 13.2 Å². The molecule has 0 bridgehead atoms. The van der Waals surface area contributed by atoms with Gasteiger partial charge in [-0.25, -0.2) is 4.98 Å². The Labute approximate surface area is 105 Å². The minimum atomic E-state index is -4.54. The number of ether oxygens (including phenoxy) is 1. The van der Waals surface area contributed by atoms with E-state index in [0.29, 0.717) is 0 Å². The summed E-state index contributed by atoms with van der Waals surface area (Å²) in [5.41, 5.74) is -0.972. The maximum Gasteiger partial charge on any atom is 0.416 e. The summed E-state index contributed by atoms with van der Waals surface area (Å²) in [6.07, 6.45) is -4.45. The Morgan fingerprint density at radius 2 is 2.26 bits per heavy atom. The van der Waals surface area contributed by atoms with Crippen molar-refractivity contribution in [3.63, 3.8) is 0 Å². The van der Waals surface area contributed by atoms with Gasteiger partial charge in [0.2, 0.25) is 0 Å². The van der Waals surface area contributed by atoms with Gasteiger partial charge in [0.1, 0.15) is 5.56 Å². The number of hydrogen-bond donors (Lipinski definition) is 1. The molecule has 6 nitrogen and oxygen atoms in total. The van der Waals surface area contributed by atoms with Crippen molar-refractivity contribution < 1.29 is 22.7 Å². The molecule has 1 unspecified atom stereocenters. The topological polar surface area (TPSA) is 75.3 Å². The van der Waals surface area contributed by atoms with E-state index in [9.17, 15) is 22.8 Å². The Kier molecular flexibility index (Phi) is 3.56. The average Bonchev–Trinajstić information content (AvgIpc) is 2.38. The number of morpholine rings is 1. The van der Waals surface area contributed by atoms with Gasteiger partial charge in [-0.05, 0) is 0 Å². The van der Waals surface area contributed by atoms with Gasteiger partial charge in [0.25, 0.3) is 11.5 Å². The molecule has 1 amide bonds. The second-order valence-electron chi connectivity index (χ2n) is 3.95. The summed E-state index contributed by atoms with van der Waals surface area (Å²) in [5.74, 6) is -0.785. The molecule has 19 heavy (non-hydrogen) atoms. The van der Waals surface area contributed by atoms with Gasteiger partial charge >= 0.3 is 6.18 Å². The van der Waals surface area contributed by atoms with Crippen molar-refractivity contribution in [1.29, 1.82) is 0 Å². The third kappa shape index (κ3) is 2.92. The first-order chi connectivity index (χ1) is 8.89. The number of aromatic amines is 1. The highest BCUT2D eigenvalue weighted by atomic mass is 19.4. The highest BCUT2D eigenvalue weighted by Crippen LogP contribution is 2.25. The molecule has 1 fully saturated rings. The summed E-state index contributed by atoms with van der Waals surface area (Å²) in [7, 11) is 0. The average molecular weight is 277 g/mol. The minimum absolute atomic E-state index is 0.000250. The van der Waals surface area contributed by atoms with Crippen molar-refractivity contribution in [2.75, 3.05) is 19.7 Å². The van der Waals surface area contributed by atoms with Gasteiger partial charge in [-0.1, -0.05) is 0 Å². The SMILES string of the molecule is O=C(c1cnc[nH]c1=O)N1CCOC(C(F)(F)F)C1. The van der Waals surface area contributed by atoms with E-state index in [2.05, 4.69) is 14.7 Å². The molecule has 1 N–H and O–H groups in total. The number of H-pyrrole nitrogens is 1. The van der Waals surface area contributed by atoms with E-state index in [1.807, 2.05) is 0 Å². The second kappa shape index (κ2) is 5.00. The molecule has 2 heterocycles. The van der Waals surface area contributed by atoms with Gasteiger partial charge in [0, 0.05) is 12.7 Å². The highest BCUT2D eigenvalue weighted by Gasteiger charge is 2.44. The lowest BCUT2D eigenvalue weighted by Gasteiger charge is -2.33. The van der Waals surface area contributed by atoms with Gasteiger partial charge in [-0.2, -0.15) is 13.2 Å². The number of carbonyl (C=O) groups is 1. The van der Waals surface area contributed by atoms with Crippen LogP contribution in [0.5, 0.6) is 0 Å². The lowest BCUT2D eigenvalue weighted by Crippen LogP contribution is -2.51. The monoisotopic (exact) mass is 277 g/mol. The van der Waals surface area contributed by atoms with Crippen molar-refractivity contribution in [3.8, 4) is 0 Å². The van der Waals surface area contributed by atoms with Gasteiger partial charge in [0.05, 0.1) is 19.5 Å². The quantitative estimate of drug-likeness (QED) is 0.794. The zero-order valence-electron chi connectivity index (χ0n) is 9.61. The van der Waals surface area contributed by atoms with Gasteiger partial charge < -0.3 is 14.6 Å². The minimum Gasteiger partial charge on any atom is -0.365 e. The van der Waals surface area contributed by atoms with E-state index in [0.717, 1.165) is 17.4 Å².